The molecule has 0 atom stereocenters. The van der Waals surface area contributed by atoms with Crippen LogP contribution in [0.1, 0.15) is 16.8 Å². The summed E-state index contributed by atoms with van der Waals surface area (Å²) >= 11 is 5.67. The Hall–Kier alpha value is -1.69. The quantitative estimate of drug-likeness (QED) is 0.870. The van der Waals surface area contributed by atoms with Crippen LogP contribution < -0.4 is 5.56 Å². The van der Waals surface area contributed by atoms with Crippen molar-refractivity contribution in [3.63, 3.8) is 0 Å². The molecule has 1 aromatic heterocycles. The molecule has 0 bridgehead atoms. The molecule has 2 aromatic rings. The van der Waals surface area contributed by atoms with E-state index >= 15 is 0 Å². The minimum atomic E-state index is -4.58. The summed E-state index contributed by atoms with van der Waals surface area (Å²) in [6.45, 7) is 0. The van der Waals surface area contributed by atoms with Gasteiger partial charge in [-0.25, -0.2) is 0 Å². The second-order valence-corrected chi connectivity index (χ2v) is 4.17. The molecule has 0 amide bonds. The van der Waals surface area contributed by atoms with Crippen LogP contribution in [0.5, 0.6) is 0 Å². The molecule has 0 radical (unpaired) electrons. The molecule has 7 heteroatoms. The number of aromatic nitrogens is 2. The van der Waals surface area contributed by atoms with Gasteiger partial charge in [-0.05, 0) is 17.7 Å². The van der Waals surface area contributed by atoms with Crippen LogP contribution in [-0.2, 0) is 12.6 Å². The highest BCUT2D eigenvalue weighted by Crippen LogP contribution is 2.29. The molecule has 18 heavy (non-hydrogen) atoms. The third-order valence-electron chi connectivity index (χ3n) is 2.45. The topological polar surface area (TPSA) is 48.6 Å². The van der Waals surface area contributed by atoms with Gasteiger partial charge in [-0.3, -0.25) is 15.0 Å². The van der Waals surface area contributed by atoms with E-state index in [9.17, 15) is 18.0 Å². The van der Waals surface area contributed by atoms with Crippen molar-refractivity contribution in [1.82, 2.24) is 10.2 Å². The minimum Gasteiger partial charge on any atom is -0.293 e. The molecule has 1 heterocycles. The van der Waals surface area contributed by atoms with Crippen molar-refractivity contribution in [2.75, 3.05) is 0 Å². The standard InChI is InChI=1S/C11H8ClF3N2O/c12-7-3-1-6(2-4-7)5-8-9(11(13,14)15)16-17-10(8)18/h1-4H,5H2,(H2,16,17,18). The maximum absolute atomic E-state index is 12.6. The average molecular weight is 277 g/mol. The Kier molecular flexibility index (Phi) is 3.21. The van der Waals surface area contributed by atoms with E-state index in [1.54, 1.807) is 24.3 Å². The molecule has 0 spiro atoms. The average Bonchev–Trinajstić information content (AvgIpc) is 2.63. The first kappa shape index (κ1) is 12.8. The van der Waals surface area contributed by atoms with Crippen molar-refractivity contribution in [3.8, 4) is 0 Å². The van der Waals surface area contributed by atoms with Gasteiger partial charge in [0.15, 0.2) is 0 Å². The van der Waals surface area contributed by atoms with Crippen LogP contribution in [0.3, 0.4) is 0 Å². The summed E-state index contributed by atoms with van der Waals surface area (Å²) in [5, 5.41) is 4.29. The molecule has 1 aromatic carbocycles. The van der Waals surface area contributed by atoms with Gasteiger partial charge in [0.25, 0.3) is 5.56 Å². The molecular formula is C11H8ClF3N2O. The number of alkyl halides is 3. The van der Waals surface area contributed by atoms with Crippen molar-refractivity contribution in [2.45, 2.75) is 12.6 Å². The van der Waals surface area contributed by atoms with E-state index in [-0.39, 0.29) is 12.0 Å². The highest BCUT2D eigenvalue weighted by atomic mass is 35.5. The zero-order chi connectivity index (χ0) is 13.3. The van der Waals surface area contributed by atoms with Gasteiger partial charge in [0.2, 0.25) is 0 Å². The number of hydrogen-bond acceptors (Lipinski definition) is 1. The largest absolute Gasteiger partial charge is 0.433 e. The lowest BCUT2D eigenvalue weighted by Gasteiger charge is -2.06. The van der Waals surface area contributed by atoms with Gasteiger partial charge in [0.1, 0.15) is 5.69 Å². The van der Waals surface area contributed by atoms with E-state index in [1.165, 1.54) is 0 Å². The third kappa shape index (κ3) is 2.59. The summed E-state index contributed by atoms with van der Waals surface area (Å²) in [4.78, 5) is 11.3. The smallest absolute Gasteiger partial charge is 0.293 e. The fraction of sp³-hybridized carbons (Fsp3) is 0.182. The van der Waals surface area contributed by atoms with Gasteiger partial charge >= 0.3 is 6.18 Å². The highest BCUT2D eigenvalue weighted by molar-refractivity contribution is 6.30. The molecule has 0 saturated heterocycles. The molecule has 0 fully saturated rings. The summed E-state index contributed by atoms with van der Waals surface area (Å²) in [5.74, 6) is 0. The first-order valence-corrected chi connectivity index (χ1v) is 5.37. The second kappa shape index (κ2) is 4.53. The molecule has 0 aliphatic heterocycles. The summed E-state index contributed by atoms with van der Waals surface area (Å²) < 4.78 is 37.9. The van der Waals surface area contributed by atoms with Crippen LogP contribution in [-0.4, -0.2) is 10.2 Å². The number of rotatable bonds is 2. The highest BCUT2D eigenvalue weighted by Gasteiger charge is 2.36. The Morgan fingerprint density at radius 2 is 1.72 bits per heavy atom. The number of nitrogens with one attached hydrogen (secondary N) is 2. The fourth-order valence-corrected chi connectivity index (χ4v) is 1.73. The van der Waals surface area contributed by atoms with Gasteiger partial charge in [0, 0.05) is 11.4 Å². The minimum absolute atomic E-state index is 0.106. The lowest BCUT2D eigenvalue weighted by molar-refractivity contribution is -0.141. The molecular weight excluding hydrogens is 269 g/mol. The van der Waals surface area contributed by atoms with E-state index in [0.717, 1.165) is 0 Å². The van der Waals surface area contributed by atoms with E-state index in [1.807, 2.05) is 10.2 Å². The van der Waals surface area contributed by atoms with E-state index in [4.69, 9.17) is 11.6 Å². The summed E-state index contributed by atoms with van der Waals surface area (Å²) in [5.41, 5.74) is -1.56. The summed E-state index contributed by atoms with van der Waals surface area (Å²) in [6.07, 6.45) is -4.69. The number of hydrogen-bond donors (Lipinski definition) is 2. The number of halogens is 4. The molecule has 96 valence electrons. The first-order valence-electron chi connectivity index (χ1n) is 4.99. The van der Waals surface area contributed by atoms with Gasteiger partial charge in [0.05, 0.1) is 5.56 Å². The van der Waals surface area contributed by atoms with Crippen molar-refractivity contribution < 1.29 is 13.2 Å². The summed E-state index contributed by atoms with van der Waals surface area (Å²) in [6, 6.07) is 6.28. The molecule has 0 saturated carbocycles. The van der Waals surface area contributed by atoms with Crippen LogP contribution in [0, 0.1) is 0 Å². The normalized spacial score (nSPS) is 11.8. The van der Waals surface area contributed by atoms with Crippen LogP contribution in [0.15, 0.2) is 29.1 Å². The number of benzene rings is 1. The molecule has 0 aliphatic rings. The zero-order valence-corrected chi connectivity index (χ0v) is 9.69. The number of H-pyrrole nitrogens is 2. The molecule has 2 N–H and O–H groups in total. The second-order valence-electron chi connectivity index (χ2n) is 3.73. The van der Waals surface area contributed by atoms with Gasteiger partial charge in [-0.15, -0.1) is 0 Å². The van der Waals surface area contributed by atoms with Crippen LogP contribution in [0.4, 0.5) is 13.2 Å². The Morgan fingerprint density at radius 3 is 2.28 bits per heavy atom. The SMILES string of the molecule is O=c1[nH][nH]c(C(F)(F)F)c1Cc1ccc(Cl)cc1. The molecule has 3 nitrogen and oxygen atoms in total. The van der Waals surface area contributed by atoms with E-state index in [0.29, 0.717) is 10.6 Å². The Morgan fingerprint density at radius 1 is 1.11 bits per heavy atom. The van der Waals surface area contributed by atoms with Crippen LogP contribution in [0.2, 0.25) is 5.02 Å². The van der Waals surface area contributed by atoms with Crippen molar-refractivity contribution in [3.05, 3.63) is 56.5 Å². The predicted octanol–water partition coefficient (Wildman–Crippen LogP) is 2.97. The maximum Gasteiger partial charge on any atom is 0.433 e. The Labute approximate surface area is 105 Å². The number of aromatic amines is 2. The van der Waals surface area contributed by atoms with Crippen LogP contribution in [0.25, 0.3) is 0 Å². The molecule has 2 rings (SSSR count). The van der Waals surface area contributed by atoms with Crippen molar-refractivity contribution >= 4 is 11.6 Å². The van der Waals surface area contributed by atoms with Crippen molar-refractivity contribution in [2.24, 2.45) is 0 Å². The predicted molar refractivity (Wildman–Crippen MR) is 60.7 cm³/mol. The van der Waals surface area contributed by atoms with Gasteiger partial charge in [-0.2, -0.15) is 13.2 Å². The monoisotopic (exact) mass is 276 g/mol. The first-order chi connectivity index (χ1) is 8.38. The van der Waals surface area contributed by atoms with E-state index in [2.05, 4.69) is 0 Å². The third-order valence-corrected chi connectivity index (χ3v) is 2.71. The molecule has 0 aliphatic carbocycles. The fourth-order valence-electron chi connectivity index (χ4n) is 1.60. The Balaban J connectivity index is 2.37. The Bertz CT molecular complexity index is 598. The van der Waals surface area contributed by atoms with E-state index < -0.39 is 17.4 Å². The van der Waals surface area contributed by atoms with Gasteiger partial charge in [-0.1, -0.05) is 23.7 Å². The lowest BCUT2D eigenvalue weighted by Crippen LogP contribution is -2.13. The van der Waals surface area contributed by atoms with Gasteiger partial charge < -0.3 is 0 Å². The van der Waals surface area contributed by atoms with Crippen LogP contribution >= 0.6 is 11.6 Å². The van der Waals surface area contributed by atoms with Crippen molar-refractivity contribution in [1.29, 1.82) is 0 Å². The lowest BCUT2D eigenvalue weighted by atomic mass is 10.1. The summed E-state index contributed by atoms with van der Waals surface area (Å²) in [7, 11) is 0. The zero-order valence-electron chi connectivity index (χ0n) is 8.94. The maximum atomic E-state index is 12.6. The molecule has 0 unspecified atom stereocenters.